The molecule has 0 atom stereocenters. The molecule has 1 aromatic rings. The molecule has 0 spiro atoms. The average molecular weight is 279 g/mol. The topological polar surface area (TPSA) is 67.8 Å². The van der Waals surface area contributed by atoms with Crippen LogP contribution in [0.4, 0.5) is 0 Å². The lowest BCUT2D eigenvalue weighted by Gasteiger charge is -2.36. The largest absolute Gasteiger partial charge is 0.493 e. The molecule has 2 N–H and O–H groups in total. The lowest BCUT2D eigenvalue weighted by molar-refractivity contribution is -0.0300. The van der Waals surface area contributed by atoms with Crippen LogP contribution < -0.4 is 14.8 Å². The van der Waals surface area contributed by atoms with Gasteiger partial charge in [0, 0.05) is 12.1 Å². The van der Waals surface area contributed by atoms with Crippen molar-refractivity contribution in [3.05, 3.63) is 23.8 Å². The molecule has 1 aliphatic carbocycles. The van der Waals surface area contributed by atoms with Gasteiger partial charge in [0.05, 0.1) is 19.3 Å². The zero-order chi connectivity index (χ0) is 14.6. The Morgan fingerprint density at radius 1 is 1.40 bits per heavy atom. The minimum absolute atomic E-state index is 0.216. The number of nitrogens with one attached hydrogen (secondary N) is 1. The van der Waals surface area contributed by atoms with Crippen molar-refractivity contribution in [2.24, 2.45) is 0 Å². The van der Waals surface area contributed by atoms with Crippen molar-refractivity contribution in [2.45, 2.75) is 31.8 Å². The van der Waals surface area contributed by atoms with Gasteiger partial charge in [0.1, 0.15) is 0 Å². The van der Waals surface area contributed by atoms with Gasteiger partial charge in [-0.3, -0.25) is 4.79 Å². The number of rotatable bonds is 6. The Labute approximate surface area is 118 Å². The van der Waals surface area contributed by atoms with E-state index < -0.39 is 5.60 Å². The minimum Gasteiger partial charge on any atom is -0.493 e. The Kier molecular flexibility index (Phi) is 4.49. The van der Waals surface area contributed by atoms with Crippen LogP contribution in [0.1, 0.15) is 36.5 Å². The number of aliphatic hydroxyl groups is 1. The van der Waals surface area contributed by atoms with E-state index in [9.17, 15) is 9.90 Å². The fourth-order valence-electron chi connectivity index (χ4n) is 2.19. The van der Waals surface area contributed by atoms with E-state index in [2.05, 4.69) is 5.32 Å². The van der Waals surface area contributed by atoms with Crippen LogP contribution >= 0.6 is 0 Å². The van der Waals surface area contributed by atoms with Gasteiger partial charge in [0.15, 0.2) is 11.5 Å². The van der Waals surface area contributed by atoms with E-state index in [1.807, 2.05) is 6.92 Å². The van der Waals surface area contributed by atoms with Crippen molar-refractivity contribution in [1.29, 1.82) is 0 Å². The van der Waals surface area contributed by atoms with Gasteiger partial charge in [0.2, 0.25) is 0 Å². The molecular weight excluding hydrogens is 258 g/mol. The first-order chi connectivity index (χ1) is 9.58. The van der Waals surface area contributed by atoms with Crippen molar-refractivity contribution in [1.82, 2.24) is 5.32 Å². The van der Waals surface area contributed by atoms with Crippen LogP contribution in [0.25, 0.3) is 0 Å². The molecule has 20 heavy (non-hydrogen) atoms. The summed E-state index contributed by atoms with van der Waals surface area (Å²) in [5.74, 6) is 0.928. The molecule has 5 nitrogen and oxygen atoms in total. The quantitative estimate of drug-likeness (QED) is 0.832. The minimum atomic E-state index is -0.717. The van der Waals surface area contributed by atoms with Crippen molar-refractivity contribution >= 4 is 5.91 Å². The smallest absolute Gasteiger partial charge is 0.251 e. The van der Waals surface area contributed by atoms with E-state index >= 15 is 0 Å². The van der Waals surface area contributed by atoms with Gasteiger partial charge in [-0.05, 0) is 44.4 Å². The summed E-state index contributed by atoms with van der Waals surface area (Å²) in [4.78, 5) is 12.1. The van der Waals surface area contributed by atoms with Crippen molar-refractivity contribution < 1.29 is 19.4 Å². The number of carbonyl (C=O) groups is 1. The van der Waals surface area contributed by atoms with Crippen LogP contribution in [0.5, 0.6) is 11.5 Å². The number of benzene rings is 1. The Hall–Kier alpha value is -1.75. The number of hydrogen-bond donors (Lipinski definition) is 2. The predicted molar refractivity (Wildman–Crippen MR) is 75.3 cm³/mol. The van der Waals surface area contributed by atoms with Gasteiger partial charge in [-0.15, -0.1) is 0 Å². The molecule has 1 aromatic carbocycles. The molecule has 0 aliphatic heterocycles. The average Bonchev–Trinajstić information content (AvgIpc) is 2.43. The van der Waals surface area contributed by atoms with Gasteiger partial charge < -0.3 is 19.9 Å². The second-order valence-corrected chi connectivity index (χ2v) is 5.06. The van der Waals surface area contributed by atoms with E-state index in [0.717, 1.165) is 19.3 Å². The molecular formula is C15H21NO4. The molecule has 1 fully saturated rings. The molecule has 1 amide bonds. The summed E-state index contributed by atoms with van der Waals surface area (Å²) in [6.45, 7) is 2.72. The van der Waals surface area contributed by atoms with Gasteiger partial charge >= 0.3 is 0 Å². The van der Waals surface area contributed by atoms with Crippen LogP contribution in [-0.2, 0) is 0 Å². The summed E-state index contributed by atoms with van der Waals surface area (Å²) < 4.78 is 10.6. The summed E-state index contributed by atoms with van der Waals surface area (Å²) in [7, 11) is 1.54. The molecule has 0 aromatic heterocycles. The maximum Gasteiger partial charge on any atom is 0.251 e. The van der Waals surface area contributed by atoms with E-state index in [1.165, 1.54) is 7.11 Å². The molecule has 0 radical (unpaired) electrons. The number of hydrogen-bond acceptors (Lipinski definition) is 4. The van der Waals surface area contributed by atoms with Crippen LogP contribution in [-0.4, -0.2) is 36.9 Å². The summed E-state index contributed by atoms with van der Waals surface area (Å²) in [5, 5.41) is 12.7. The first kappa shape index (κ1) is 14.7. The second-order valence-electron chi connectivity index (χ2n) is 5.06. The highest BCUT2D eigenvalue weighted by Crippen LogP contribution is 2.31. The molecule has 5 heteroatoms. The van der Waals surface area contributed by atoms with Gasteiger partial charge in [-0.1, -0.05) is 0 Å². The zero-order valence-electron chi connectivity index (χ0n) is 11.9. The zero-order valence-corrected chi connectivity index (χ0v) is 11.9. The molecule has 110 valence electrons. The van der Waals surface area contributed by atoms with Crippen molar-refractivity contribution in [2.75, 3.05) is 20.3 Å². The number of methoxy groups -OCH3 is 1. The monoisotopic (exact) mass is 279 g/mol. The van der Waals surface area contributed by atoms with Crippen LogP contribution in [0.3, 0.4) is 0 Å². The predicted octanol–water partition coefficient (Wildman–Crippen LogP) is 1.74. The standard InChI is InChI=1S/C15H21NO4/c1-3-20-12-6-5-11(9-13(12)19-2)14(17)16-10-15(18)7-4-8-15/h5-6,9,18H,3-4,7-8,10H2,1-2H3,(H,16,17). The second kappa shape index (κ2) is 6.13. The number of carbonyl (C=O) groups excluding carboxylic acids is 1. The van der Waals surface area contributed by atoms with Crippen LogP contribution in [0.15, 0.2) is 18.2 Å². The number of amides is 1. The first-order valence-corrected chi connectivity index (χ1v) is 6.89. The fraction of sp³-hybridized carbons (Fsp3) is 0.533. The molecule has 0 bridgehead atoms. The van der Waals surface area contributed by atoms with Crippen molar-refractivity contribution in [3.63, 3.8) is 0 Å². The maximum absolute atomic E-state index is 12.1. The third-order valence-corrected chi connectivity index (χ3v) is 3.59. The molecule has 0 unspecified atom stereocenters. The lowest BCUT2D eigenvalue weighted by atomic mass is 9.80. The third-order valence-electron chi connectivity index (χ3n) is 3.59. The van der Waals surface area contributed by atoms with Gasteiger partial charge in [-0.25, -0.2) is 0 Å². The van der Waals surface area contributed by atoms with Crippen LogP contribution in [0.2, 0.25) is 0 Å². The Morgan fingerprint density at radius 3 is 2.70 bits per heavy atom. The van der Waals surface area contributed by atoms with E-state index in [1.54, 1.807) is 18.2 Å². The summed E-state index contributed by atoms with van der Waals surface area (Å²) in [5.41, 5.74) is -0.224. The summed E-state index contributed by atoms with van der Waals surface area (Å²) in [6, 6.07) is 5.05. The van der Waals surface area contributed by atoms with E-state index in [4.69, 9.17) is 9.47 Å². The Balaban J connectivity index is 2.02. The lowest BCUT2D eigenvalue weighted by Crippen LogP contribution is -2.47. The van der Waals surface area contributed by atoms with Crippen LogP contribution in [0, 0.1) is 0 Å². The molecule has 0 saturated heterocycles. The summed E-state index contributed by atoms with van der Waals surface area (Å²) >= 11 is 0. The highest BCUT2D eigenvalue weighted by atomic mass is 16.5. The van der Waals surface area contributed by atoms with E-state index in [0.29, 0.717) is 30.2 Å². The third kappa shape index (κ3) is 3.22. The summed E-state index contributed by atoms with van der Waals surface area (Å²) in [6.07, 6.45) is 2.52. The fourth-order valence-corrected chi connectivity index (χ4v) is 2.19. The SMILES string of the molecule is CCOc1ccc(C(=O)NCC2(O)CCC2)cc1OC. The first-order valence-electron chi connectivity index (χ1n) is 6.89. The molecule has 2 rings (SSSR count). The maximum atomic E-state index is 12.1. The van der Waals surface area contributed by atoms with E-state index in [-0.39, 0.29) is 5.91 Å². The molecule has 1 saturated carbocycles. The van der Waals surface area contributed by atoms with Gasteiger partial charge in [0.25, 0.3) is 5.91 Å². The molecule has 0 heterocycles. The highest BCUT2D eigenvalue weighted by Gasteiger charge is 2.34. The van der Waals surface area contributed by atoms with Crippen molar-refractivity contribution in [3.8, 4) is 11.5 Å². The highest BCUT2D eigenvalue weighted by molar-refractivity contribution is 5.94. The Morgan fingerprint density at radius 2 is 2.15 bits per heavy atom. The van der Waals surface area contributed by atoms with Gasteiger partial charge in [-0.2, -0.15) is 0 Å². The molecule has 1 aliphatic rings. The Bertz CT molecular complexity index is 483. The number of ether oxygens (including phenoxy) is 2. The normalized spacial score (nSPS) is 16.1.